The number of ether oxygens (including phenoxy) is 1. The second kappa shape index (κ2) is 15.3. The number of rotatable bonds is 13. The molecular weight excluding hydrogens is 572 g/mol. The van der Waals surface area contributed by atoms with E-state index in [9.17, 15) is 27.9 Å². The first kappa shape index (κ1) is 34.0. The van der Waals surface area contributed by atoms with Crippen molar-refractivity contribution in [3.8, 4) is 0 Å². The van der Waals surface area contributed by atoms with Crippen molar-refractivity contribution >= 4 is 27.7 Å². The van der Waals surface area contributed by atoms with Gasteiger partial charge in [0.25, 0.3) is 0 Å². The first-order valence-electron chi connectivity index (χ1n) is 14.4. The largest absolute Gasteiger partial charge is 0.445 e. The number of nitrogens with one attached hydrogen (secondary N) is 3. The summed E-state index contributed by atoms with van der Waals surface area (Å²) in [4.78, 5) is 41.1. The molecule has 0 saturated carbocycles. The number of benzene rings is 2. The fourth-order valence-electron chi connectivity index (χ4n) is 5.13. The summed E-state index contributed by atoms with van der Waals surface area (Å²) in [6.45, 7) is 6.77. The van der Waals surface area contributed by atoms with Gasteiger partial charge in [0.15, 0.2) is 0 Å². The van der Waals surface area contributed by atoms with Crippen LogP contribution >= 0.6 is 0 Å². The zero-order valence-corrected chi connectivity index (χ0v) is 26.1. The van der Waals surface area contributed by atoms with E-state index in [1.54, 1.807) is 24.3 Å². The summed E-state index contributed by atoms with van der Waals surface area (Å²) < 4.78 is 29.5. The second-order valence-electron chi connectivity index (χ2n) is 12.0. The molecule has 2 aromatic rings. The van der Waals surface area contributed by atoms with Gasteiger partial charge in [0, 0.05) is 18.3 Å². The normalized spacial score (nSPS) is 17.8. The van der Waals surface area contributed by atoms with Crippen molar-refractivity contribution in [3.05, 3.63) is 71.8 Å². The van der Waals surface area contributed by atoms with Crippen LogP contribution in [0.3, 0.4) is 0 Å². The van der Waals surface area contributed by atoms with Crippen molar-refractivity contribution in [1.29, 1.82) is 0 Å². The molecule has 1 heterocycles. The lowest BCUT2D eigenvalue weighted by molar-refractivity contribution is -0.127. The molecule has 4 atom stereocenters. The Morgan fingerprint density at radius 2 is 1.60 bits per heavy atom. The molecule has 2 aromatic carbocycles. The van der Waals surface area contributed by atoms with E-state index < -0.39 is 45.8 Å². The van der Waals surface area contributed by atoms with E-state index in [4.69, 9.17) is 4.74 Å². The summed E-state index contributed by atoms with van der Waals surface area (Å²) in [5.41, 5.74) is 1.34. The van der Waals surface area contributed by atoms with Crippen LogP contribution in [0.4, 0.5) is 4.79 Å². The maximum Gasteiger partial charge on any atom is 0.408 e. The number of aliphatic hydroxyl groups excluding tert-OH is 1. The van der Waals surface area contributed by atoms with Gasteiger partial charge in [-0.05, 0) is 57.7 Å². The molecule has 0 aromatic heterocycles. The van der Waals surface area contributed by atoms with Gasteiger partial charge in [-0.2, -0.15) is 0 Å². The van der Waals surface area contributed by atoms with Gasteiger partial charge in [-0.25, -0.2) is 13.2 Å². The lowest BCUT2D eigenvalue weighted by atomic mass is 10.00. The average Bonchev–Trinajstić information content (AvgIpc) is 3.46. The highest BCUT2D eigenvalue weighted by atomic mass is 32.2. The number of alkyl carbamates (subject to hydrolysis) is 1. The van der Waals surface area contributed by atoms with E-state index in [0.717, 1.165) is 30.3 Å². The summed E-state index contributed by atoms with van der Waals surface area (Å²) >= 11 is 0. The van der Waals surface area contributed by atoms with Crippen LogP contribution in [0.15, 0.2) is 60.7 Å². The second-order valence-corrected chi connectivity index (χ2v) is 14.2. The van der Waals surface area contributed by atoms with Gasteiger partial charge < -0.3 is 25.8 Å². The molecule has 1 saturated heterocycles. The smallest absolute Gasteiger partial charge is 0.408 e. The van der Waals surface area contributed by atoms with E-state index in [-0.39, 0.29) is 37.1 Å². The minimum Gasteiger partial charge on any atom is -0.445 e. The molecule has 236 valence electrons. The first-order valence-corrected chi connectivity index (χ1v) is 16.5. The predicted molar refractivity (Wildman–Crippen MR) is 164 cm³/mol. The Kier molecular flexibility index (Phi) is 12.1. The van der Waals surface area contributed by atoms with E-state index >= 15 is 0 Å². The third-order valence-corrected chi connectivity index (χ3v) is 8.22. The van der Waals surface area contributed by atoms with Gasteiger partial charge in [-0.3, -0.25) is 14.5 Å². The molecule has 0 bridgehead atoms. The van der Waals surface area contributed by atoms with E-state index in [0.29, 0.717) is 6.42 Å². The van der Waals surface area contributed by atoms with Crippen molar-refractivity contribution < 1.29 is 32.6 Å². The number of nitrogens with zero attached hydrogens (tertiary/aromatic N) is 1. The van der Waals surface area contributed by atoms with E-state index in [1.165, 1.54) is 0 Å². The number of amides is 3. The maximum absolute atomic E-state index is 13.4. The molecule has 43 heavy (non-hydrogen) atoms. The Bertz CT molecular complexity index is 1320. The lowest BCUT2D eigenvalue weighted by Crippen LogP contribution is -2.57. The fraction of sp³-hybridized carbons (Fsp3) is 0.516. The quantitative estimate of drug-likeness (QED) is 0.266. The van der Waals surface area contributed by atoms with Crippen molar-refractivity contribution in [2.45, 2.75) is 76.4 Å². The molecule has 3 rings (SSSR count). The molecule has 3 amide bonds. The average molecular weight is 617 g/mol. The number of carbonyl (C=O) groups is 3. The highest BCUT2D eigenvalue weighted by molar-refractivity contribution is 7.90. The SMILES string of the molecule is CC(C)(C)N1CCC[C@H]1C(=O)NC[C@@H](O)[C@H](Cc1ccccc1)NC(=O)[C@H](CS(C)(=O)=O)NC(=O)OCc1ccccc1. The molecule has 0 spiro atoms. The molecule has 0 aliphatic carbocycles. The van der Waals surface area contributed by atoms with Gasteiger partial charge in [-0.1, -0.05) is 60.7 Å². The monoisotopic (exact) mass is 616 g/mol. The molecule has 4 N–H and O–H groups in total. The highest BCUT2D eigenvalue weighted by Gasteiger charge is 2.37. The first-order chi connectivity index (χ1) is 20.2. The van der Waals surface area contributed by atoms with Crippen LogP contribution < -0.4 is 16.0 Å². The number of likely N-dealkylation sites (tertiary alicyclic amines) is 1. The third-order valence-electron chi connectivity index (χ3n) is 7.28. The lowest BCUT2D eigenvalue weighted by Gasteiger charge is -2.36. The number of aliphatic hydroxyl groups is 1. The number of sulfone groups is 1. The third kappa shape index (κ3) is 11.3. The van der Waals surface area contributed by atoms with Crippen LogP contribution in [-0.4, -0.2) is 91.2 Å². The van der Waals surface area contributed by atoms with Crippen LogP contribution in [0.1, 0.15) is 44.7 Å². The zero-order valence-electron chi connectivity index (χ0n) is 25.3. The Morgan fingerprint density at radius 1 is 1.00 bits per heavy atom. The molecule has 1 aliphatic heterocycles. The molecule has 12 heteroatoms. The standard InChI is InChI=1S/C31H44N4O7S/c1-31(2,3)35-17-11-16-26(35)29(38)32-19-27(36)24(18-22-12-7-5-8-13-22)33-28(37)25(21-43(4,40)41)34-30(39)42-20-23-14-9-6-10-15-23/h5-10,12-15,24-27,36H,11,16-21H2,1-4H3,(H,32,38)(H,33,37)(H,34,39)/t24-,25-,26-,27+/m0/s1. The summed E-state index contributed by atoms with van der Waals surface area (Å²) in [6.07, 6.45) is 0.600. The minimum absolute atomic E-state index is 0.0669. The topological polar surface area (TPSA) is 154 Å². The molecule has 0 radical (unpaired) electrons. The Morgan fingerprint density at radius 3 is 2.19 bits per heavy atom. The van der Waals surface area contributed by atoms with Crippen molar-refractivity contribution in [2.75, 3.05) is 25.1 Å². The van der Waals surface area contributed by atoms with Gasteiger partial charge >= 0.3 is 6.09 Å². The van der Waals surface area contributed by atoms with Crippen LogP contribution in [0.2, 0.25) is 0 Å². The minimum atomic E-state index is -3.70. The summed E-state index contributed by atoms with van der Waals surface area (Å²) in [7, 11) is -3.70. The maximum atomic E-state index is 13.4. The molecule has 11 nitrogen and oxygen atoms in total. The van der Waals surface area contributed by atoms with Crippen LogP contribution in [0, 0.1) is 0 Å². The zero-order chi connectivity index (χ0) is 31.6. The highest BCUT2D eigenvalue weighted by Crippen LogP contribution is 2.26. The summed E-state index contributed by atoms with van der Waals surface area (Å²) in [6, 6.07) is 15.3. The van der Waals surface area contributed by atoms with Crippen LogP contribution in [-0.2, 0) is 37.2 Å². The van der Waals surface area contributed by atoms with Crippen molar-refractivity contribution in [2.24, 2.45) is 0 Å². The number of carbonyl (C=O) groups excluding carboxylic acids is 3. The van der Waals surface area contributed by atoms with Crippen molar-refractivity contribution in [3.63, 3.8) is 0 Å². The van der Waals surface area contributed by atoms with Gasteiger partial charge in [0.2, 0.25) is 11.8 Å². The van der Waals surface area contributed by atoms with Crippen LogP contribution in [0.25, 0.3) is 0 Å². The van der Waals surface area contributed by atoms with E-state index in [2.05, 4.69) is 41.6 Å². The number of hydrogen-bond donors (Lipinski definition) is 4. The summed E-state index contributed by atoms with van der Waals surface area (Å²) in [5, 5.41) is 19.1. The predicted octanol–water partition coefficient (Wildman–Crippen LogP) is 1.79. The molecule has 0 unspecified atom stereocenters. The Balaban J connectivity index is 1.70. The molecule has 1 fully saturated rings. The van der Waals surface area contributed by atoms with Crippen LogP contribution in [0.5, 0.6) is 0 Å². The molecule has 1 aliphatic rings. The number of hydrogen-bond acceptors (Lipinski definition) is 8. The molecular formula is C31H44N4O7S. The fourth-order valence-corrected chi connectivity index (χ4v) is 5.97. The Labute approximate surface area is 254 Å². The van der Waals surface area contributed by atoms with E-state index in [1.807, 2.05) is 36.4 Å². The van der Waals surface area contributed by atoms with Gasteiger partial charge in [0.1, 0.15) is 22.5 Å². The van der Waals surface area contributed by atoms with Gasteiger partial charge in [0.05, 0.1) is 23.9 Å². The van der Waals surface area contributed by atoms with Gasteiger partial charge in [-0.15, -0.1) is 0 Å². The summed E-state index contributed by atoms with van der Waals surface area (Å²) in [5.74, 6) is -1.67. The van der Waals surface area contributed by atoms with Crippen molar-refractivity contribution in [1.82, 2.24) is 20.9 Å². The Hall–Kier alpha value is -3.48.